The predicted octanol–water partition coefficient (Wildman–Crippen LogP) is 2.55. The van der Waals surface area contributed by atoms with E-state index < -0.39 is 6.04 Å². The van der Waals surface area contributed by atoms with E-state index in [4.69, 9.17) is 5.26 Å². The van der Waals surface area contributed by atoms with Crippen molar-refractivity contribution in [3.63, 3.8) is 0 Å². The number of benzene rings is 2. The third-order valence-electron chi connectivity index (χ3n) is 3.68. The van der Waals surface area contributed by atoms with Crippen molar-refractivity contribution in [1.29, 1.82) is 5.26 Å². The van der Waals surface area contributed by atoms with Crippen LogP contribution in [0.15, 0.2) is 54.6 Å². The Morgan fingerprint density at radius 3 is 2.17 bits per heavy atom. The fourth-order valence-corrected chi connectivity index (χ4v) is 2.20. The molecular weight excluding hydrogens is 302 g/mol. The third kappa shape index (κ3) is 4.43. The van der Waals surface area contributed by atoms with Gasteiger partial charge in [-0.2, -0.15) is 5.26 Å². The highest BCUT2D eigenvalue weighted by Crippen LogP contribution is 2.13. The third-order valence-corrected chi connectivity index (χ3v) is 3.68. The van der Waals surface area contributed by atoms with E-state index in [2.05, 4.69) is 16.7 Å². The van der Waals surface area contributed by atoms with Gasteiger partial charge in [0.1, 0.15) is 6.04 Å². The Labute approximate surface area is 141 Å². The number of carbonyl (C=O) groups excluding carboxylic acids is 2. The minimum Gasteiger partial charge on any atom is -0.348 e. The molecule has 0 aliphatic heterocycles. The van der Waals surface area contributed by atoms with Gasteiger partial charge in [0.25, 0.3) is 5.91 Å². The van der Waals surface area contributed by atoms with Crippen LogP contribution in [0.25, 0.3) is 0 Å². The van der Waals surface area contributed by atoms with E-state index in [9.17, 15) is 9.59 Å². The summed E-state index contributed by atoms with van der Waals surface area (Å²) in [5.74, 6) is -0.555. The molecule has 2 aromatic carbocycles. The number of carbonyl (C=O) groups is 2. The number of hydrogen-bond donors (Lipinski definition) is 2. The van der Waals surface area contributed by atoms with E-state index in [-0.39, 0.29) is 17.9 Å². The molecule has 0 bridgehead atoms. The lowest BCUT2D eigenvalue weighted by atomic mass is 10.1. The van der Waals surface area contributed by atoms with Gasteiger partial charge in [0.2, 0.25) is 5.91 Å². The monoisotopic (exact) mass is 321 g/mol. The first-order valence-electron chi connectivity index (χ1n) is 7.67. The predicted molar refractivity (Wildman–Crippen MR) is 91.1 cm³/mol. The summed E-state index contributed by atoms with van der Waals surface area (Å²) in [7, 11) is 0. The van der Waals surface area contributed by atoms with E-state index in [1.165, 1.54) is 0 Å². The van der Waals surface area contributed by atoms with Crippen LogP contribution < -0.4 is 10.6 Å². The molecule has 2 rings (SSSR count). The van der Waals surface area contributed by atoms with Crippen molar-refractivity contribution < 1.29 is 9.59 Å². The molecule has 0 saturated heterocycles. The van der Waals surface area contributed by atoms with E-state index in [0.29, 0.717) is 11.1 Å². The highest BCUT2D eigenvalue weighted by molar-refractivity contribution is 5.97. The SMILES string of the molecule is CC(NC(=O)c1ccccc1)C(=O)NC(C)c1ccc(C#N)cc1. The molecule has 5 nitrogen and oxygen atoms in total. The van der Waals surface area contributed by atoms with Crippen molar-refractivity contribution in [1.82, 2.24) is 10.6 Å². The molecule has 0 fully saturated rings. The lowest BCUT2D eigenvalue weighted by molar-refractivity contribution is -0.123. The summed E-state index contributed by atoms with van der Waals surface area (Å²) >= 11 is 0. The van der Waals surface area contributed by atoms with Gasteiger partial charge in [-0.25, -0.2) is 0 Å². The van der Waals surface area contributed by atoms with Crippen molar-refractivity contribution in [3.05, 3.63) is 71.3 Å². The van der Waals surface area contributed by atoms with Gasteiger partial charge < -0.3 is 10.6 Å². The zero-order valence-electron chi connectivity index (χ0n) is 13.6. The molecule has 0 aliphatic carbocycles. The van der Waals surface area contributed by atoms with Crippen LogP contribution in [0.4, 0.5) is 0 Å². The van der Waals surface area contributed by atoms with Crippen molar-refractivity contribution in [2.24, 2.45) is 0 Å². The Bertz CT molecular complexity index is 748. The summed E-state index contributed by atoms with van der Waals surface area (Å²) in [5, 5.41) is 14.3. The van der Waals surface area contributed by atoms with E-state index in [0.717, 1.165) is 5.56 Å². The number of rotatable bonds is 5. The molecule has 122 valence electrons. The van der Waals surface area contributed by atoms with Gasteiger partial charge in [-0.15, -0.1) is 0 Å². The van der Waals surface area contributed by atoms with E-state index in [1.54, 1.807) is 55.5 Å². The summed E-state index contributed by atoms with van der Waals surface area (Å²) in [6, 6.07) is 17.0. The number of hydrogen-bond acceptors (Lipinski definition) is 3. The van der Waals surface area contributed by atoms with Crippen molar-refractivity contribution in [2.75, 3.05) is 0 Å². The number of nitrogens with zero attached hydrogens (tertiary/aromatic N) is 1. The van der Waals surface area contributed by atoms with Crippen molar-refractivity contribution in [2.45, 2.75) is 25.9 Å². The van der Waals surface area contributed by atoms with Gasteiger partial charge in [-0.05, 0) is 43.7 Å². The largest absolute Gasteiger partial charge is 0.348 e. The first-order valence-corrected chi connectivity index (χ1v) is 7.67. The highest BCUT2D eigenvalue weighted by Gasteiger charge is 2.18. The molecule has 2 aromatic rings. The van der Waals surface area contributed by atoms with Gasteiger partial charge in [0.15, 0.2) is 0 Å². The van der Waals surface area contributed by atoms with E-state index in [1.807, 2.05) is 13.0 Å². The van der Waals surface area contributed by atoms with Gasteiger partial charge in [0, 0.05) is 5.56 Å². The topological polar surface area (TPSA) is 82.0 Å². The average Bonchev–Trinajstić information content (AvgIpc) is 2.62. The second-order valence-corrected chi connectivity index (χ2v) is 5.53. The lowest BCUT2D eigenvalue weighted by Gasteiger charge is -2.19. The molecule has 24 heavy (non-hydrogen) atoms. The average molecular weight is 321 g/mol. The van der Waals surface area contributed by atoms with Crippen LogP contribution in [-0.4, -0.2) is 17.9 Å². The minimum absolute atomic E-state index is 0.221. The molecule has 0 saturated carbocycles. The van der Waals surface area contributed by atoms with Crippen LogP contribution in [0, 0.1) is 11.3 Å². The second-order valence-electron chi connectivity index (χ2n) is 5.53. The van der Waals surface area contributed by atoms with Crippen LogP contribution in [0.1, 0.15) is 41.4 Å². The molecule has 0 heterocycles. The van der Waals surface area contributed by atoms with Crippen LogP contribution in [0.2, 0.25) is 0 Å². The Kier molecular flexibility index (Phi) is 5.69. The maximum Gasteiger partial charge on any atom is 0.251 e. The fraction of sp³-hybridized carbons (Fsp3) is 0.211. The smallest absolute Gasteiger partial charge is 0.251 e. The van der Waals surface area contributed by atoms with Gasteiger partial charge >= 0.3 is 0 Å². The molecule has 0 spiro atoms. The van der Waals surface area contributed by atoms with Gasteiger partial charge in [-0.3, -0.25) is 9.59 Å². The molecule has 2 atom stereocenters. The maximum absolute atomic E-state index is 12.2. The van der Waals surface area contributed by atoms with E-state index >= 15 is 0 Å². The summed E-state index contributed by atoms with van der Waals surface area (Å²) in [6.45, 7) is 3.49. The van der Waals surface area contributed by atoms with Crippen LogP contribution in [0.3, 0.4) is 0 Å². The lowest BCUT2D eigenvalue weighted by Crippen LogP contribution is -2.45. The molecule has 2 unspecified atom stereocenters. The molecule has 0 aliphatic rings. The van der Waals surface area contributed by atoms with Gasteiger partial charge in [0.05, 0.1) is 17.7 Å². The fourth-order valence-electron chi connectivity index (χ4n) is 2.20. The molecule has 0 aromatic heterocycles. The maximum atomic E-state index is 12.2. The molecular formula is C19H19N3O2. The summed E-state index contributed by atoms with van der Waals surface area (Å²) in [4.78, 5) is 24.3. The Balaban J connectivity index is 1.93. The van der Waals surface area contributed by atoms with Crippen LogP contribution in [0.5, 0.6) is 0 Å². The minimum atomic E-state index is -0.654. The highest BCUT2D eigenvalue weighted by atomic mass is 16.2. The molecule has 2 N–H and O–H groups in total. The summed E-state index contributed by atoms with van der Waals surface area (Å²) < 4.78 is 0. The Morgan fingerprint density at radius 2 is 1.58 bits per heavy atom. The first kappa shape index (κ1) is 17.2. The Morgan fingerprint density at radius 1 is 0.958 bits per heavy atom. The van der Waals surface area contributed by atoms with Gasteiger partial charge in [-0.1, -0.05) is 30.3 Å². The standard InChI is InChI=1S/C19H19N3O2/c1-13(16-10-8-15(12-20)9-11-16)21-18(23)14(2)22-19(24)17-6-4-3-5-7-17/h3-11,13-14H,1-2H3,(H,21,23)(H,22,24). The Hall–Kier alpha value is -3.13. The number of nitrogens with one attached hydrogen (secondary N) is 2. The number of nitriles is 1. The zero-order chi connectivity index (χ0) is 17.5. The summed E-state index contributed by atoms with van der Waals surface area (Å²) in [5.41, 5.74) is 1.97. The van der Waals surface area contributed by atoms with Crippen LogP contribution >= 0.6 is 0 Å². The molecule has 2 amide bonds. The first-order chi connectivity index (χ1) is 11.5. The molecule has 0 radical (unpaired) electrons. The van der Waals surface area contributed by atoms with Crippen LogP contribution in [-0.2, 0) is 4.79 Å². The summed E-state index contributed by atoms with van der Waals surface area (Å²) in [6.07, 6.45) is 0. The second kappa shape index (κ2) is 7.93. The zero-order valence-corrected chi connectivity index (χ0v) is 13.6. The number of amides is 2. The van der Waals surface area contributed by atoms with Crippen molar-refractivity contribution in [3.8, 4) is 6.07 Å². The van der Waals surface area contributed by atoms with Crippen molar-refractivity contribution >= 4 is 11.8 Å². The molecule has 5 heteroatoms. The quantitative estimate of drug-likeness (QED) is 0.888. The normalized spacial score (nSPS) is 12.5.